The van der Waals surface area contributed by atoms with E-state index in [2.05, 4.69) is 0 Å². The Morgan fingerprint density at radius 2 is 2.00 bits per heavy atom. The molecule has 0 amide bonds. The number of rotatable bonds is 2. The van der Waals surface area contributed by atoms with Gasteiger partial charge < -0.3 is 0 Å². The topological polar surface area (TPSA) is 3.24 Å². The second kappa shape index (κ2) is 4.02. The summed E-state index contributed by atoms with van der Waals surface area (Å²) in [5.74, 6) is -0.895. The first-order valence-electron chi connectivity index (χ1n) is 3.59. The molecule has 0 bridgehead atoms. The van der Waals surface area contributed by atoms with E-state index in [0.29, 0.717) is 18.6 Å². The lowest BCUT2D eigenvalue weighted by molar-refractivity contribution is 0.119. The minimum Gasteiger partial charge on any atom is -0.268 e. The highest BCUT2D eigenvalue weighted by atomic mass is 35.5. The Morgan fingerprint density at radius 1 is 1.45 bits per heavy atom. The second-order valence-electron chi connectivity index (χ2n) is 2.57. The van der Waals surface area contributed by atoms with Crippen LogP contribution in [0.2, 0.25) is 0 Å². The van der Waals surface area contributed by atoms with Crippen molar-refractivity contribution in [1.29, 1.82) is 0 Å². The Hall–Kier alpha value is -0.150. The third kappa shape index (κ3) is 2.14. The first-order valence-corrected chi connectivity index (χ1v) is 4.03. The number of halogens is 3. The van der Waals surface area contributed by atoms with Crippen molar-refractivity contribution in [2.45, 2.75) is 19.1 Å². The largest absolute Gasteiger partial charge is 0.268 e. The van der Waals surface area contributed by atoms with Crippen molar-refractivity contribution < 1.29 is 8.78 Å². The molecule has 0 aromatic carbocycles. The van der Waals surface area contributed by atoms with Gasteiger partial charge in [0.15, 0.2) is 5.83 Å². The number of alkyl halides is 1. The third-order valence-corrected chi connectivity index (χ3v) is 2.00. The Morgan fingerprint density at radius 3 is 2.45 bits per heavy atom. The van der Waals surface area contributed by atoms with Crippen LogP contribution in [0.25, 0.3) is 0 Å². The van der Waals surface area contributed by atoms with Gasteiger partial charge in [-0.1, -0.05) is 11.6 Å². The van der Waals surface area contributed by atoms with Gasteiger partial charge in [0.25, 0.3) is 0 Å². The van der Waals surface area contributed by atoms with Gasteiger partial charge in [0.1, 0.15) is 0 Å². The van der Waals surface area contributed by atoms with Crippen molar-refractivity contribution in [3.63, 3.8) is 0 Å². The lowest BCUT2D eigenvalue weighted by Crippen LogP contribution is -2.29. The first kappa shape index (κ1) is 8.94. The summed E-state index contributed by atoms with van der Waals surface area (Å²) in [5, 5.41) is 0. The maximum atomic E-state index is 12.9. The van der Waals surface area contributed by atoms with Crippen molar-refractivity contribution >= 4 is 11.6 Å². The van der Waals surface area contributed by atoms with Crippen LogP contribution in [0.4, 0.5) is 8.78 Å². The first-order chi connectivity index (χ1) is 5.25. The highest BCUT2D eigenvalue weighted by molar-refractivity contribution is 6.25. The zero-order valence-corrected chi connectivity index (χ0v) is 6.82. The van der Waals surface area contributed by atoms with E-state index >= 15 is 0 Å². The van der Waals surface area contributed by atoms with Gasteiger partial charge in [-0.25, -0.2) is 8.78 Å². The smallest absolute Gasteiger partial charge is 0.206 e. The molecule has 0 radical (unpaired) electrons. The van der Waals surface area contributed by atoms with Crippen LogP contribution < -0.4 is 0 Å². The maximum absolute atomic E-state index is 12.9. The SMILES string of the molecule is FC(=CCl)C(F)N1CCCC1. The maximum Gasteiger partial charge on any atom is 0.206 e. The molecule has 1 unspecified atom stereocenters. The van der Waals surface area contributed by atoms with Gasteiger partial charge in [0, 0.05) is 18.6 Å². The van der Waals surface area contributed by atoms with Gasteiger partial charge in [-0.15, -0.1) is 0 Å². The molecule has 0 aromatic heterocycles. The van der Waals surface area contributed by atoms with Gasteiger partial charge in [-0.3, -0.25) is 4.90 Å². The normalized spacial score (nSPS) is 24.1. The Labute approximate surface area is 69.6 Å². The minimum absolute atomic E-state index is 0.624. The summed E-state index contributed by atoms with van der Waals surface area (Å²) in [4.78, 5) is 1.44. The average Bonchev–Trinajstić information content (AvgIpc) is 2.53. The van der Waals surface area contributed by atoms with Crippen LogP contribution in [0.1, 0.15) is 12.8 Å². The van der Waals surface area contributed by atoms with Crippen molar-refractivity contribution in [3.05, 3.63) is 11.4 Å². The molecule has 64 valence electrons. The molecule has 1 aliphatic rings. The van der Waals surface area contributed by atoms with Crippen LogP contribution in [0.5, 0.6) is 0 Å². The van der Waals surface area contributed by atoms with Gasteiger partial charge in [0.05, 0.1) is 0 Å². The van der Waals surface area contributed by atoms with E-state index in [0.717, 1.165) is 12.8 Å². The lowest BCUT2D eigenvalue weighted by Gasteiger charge is -2.17. The fourth-order valence-corrected chi connectivity index (χ4v) is 1.30. The Kier molecular flexibility index (Phi) is 3.27. The standard InChI is InChI=1S/C7H10ClF2N/c8-5-6(9)7(10)11-3-1-2-4-11/h5,7H,1-4H2. The van der Waals surface area contributed by atoms with Crippen LogP contribution in [-0.4, -0.2) is 24.3 Å². The summed E-state index contributed by atoms with van der Waals surface area (Å²) in [6.45, 7) is 1.25. The molecule has 1 nitrogen and oxygen atoms in total. The molecule has 11 heavy (non-hydrogen) atoms. The monoisotopic (exact) mass is 181 g/mol. The summed E-state index contributed by atoms with van der Waals surface area (Å²) < 4.78 is 25.4. The zero-order valence-electron chi connectivity index (χ0n) is 6.06. The number of likely N-dealkylation sites (tertiary alicyclic amines) is 1. The van der Waals surface area contributed by atoms with Gasteiger partial charge in [-0.05, 0) is 12.8 Å². The predicted molar refractivity (Wildman–Crippen MR) is 40.7 cm³/mol. The summed E-state index contributed by atoms with van der Waals surface area (Å²) in [6.07, 6.45) is 0.251. The molecule has 0 spiro atoms. The van der Waals surface area contributed by atoms with Crippen molar-refractivity contribution in [2.24, 2.45) is 0 Å². The fourth-order valence-electron chi connectivity index (χ4n) is 1.19. The lowest BCUT2D eigenvalue weighted by atomic mass is 10.4. The van der Waals surface area contributed by atoms with Crippen molar-refractivity contribution in [1.82, 2.24) is 4.90 Å². The molecule has 1 saturated heterocycles. The van der Waals surface area contributed by atoms with Gasteiger partial charge in [-0.2, -0.15) is 0 Å². The quantitative estimate of drug-likeness (QED) is 0.592. The average molecular weight is 182 g/mol. The highest BCUT2D eigenvalue weighted by Gasteiger charge is 2.24. The van der Waals surface area contributed by atoms with Crippen LogP contribution >= 0.6 is 11.6 Å². The van der Waals surface area contributed by atoms with E-state index < -0.39 is 12.1 Å². The van der Waals surface area contributed by atoms with E-state index in [-0.39, 0.29) is 0 Å². The second-order valence-corrected chi connectivity index (χ2v) is 2.79. The molecular weight excluding hydrogens is 172 g/mol. The van der Waals surface area contributed by atoms with E-state index in [1.165, 1.54) is 4.90 Å². The van der Waals surface area contributed by atoms with Crippen LogP contribution in [0.3, 0.4) is 0 Å². The number of hydrogen-bond donors (Lipinski definition) is 0. The van der Waals surface area contributed by atoms with E-state index in [1.807, 2.05) is 0 Å². The number of hydrogen-bond acceptors (Lipinski definition) is 1. The Balaban J connectivity index is 2.45. The summed E-state index contributed by atoms with van der Waals surface area (Å²) in [7, 11) is 0. The molecule has 1 aliphatic heterocycles. The molecule has 0 N–H and O–H groups in total. The summed E-state index contributed by atoms with van der Waals surface area (Å²) >= 11 is 5.02. The summed E-state index contributed by atoms with van der Waals surface area (Å²) in [6, 6.07) is 0. The molecule has 1 rings (SSSR count). The van der Waals surface area contributed by atoms with Crippen LogP contribution in [-0.2, 0) is 0 Å². The molecule has 0 saturated carbocycles. The Bertz CT molecular complexity index is 155. The predicted octanol–water partition coefficient (Wildman–Crippen LogP) is 2.43. The number of nitrogens with zero attached hydrogens (tertiary/aromatic N) is 1. The van der Waals surface area contributed by atoms with E-state index in [9.17, 15) is 8.78 Å². The molecule has 1 fully saturated rings. The fraction of sp³-hybridized carbons (Fsp3) is 0.714. The molecule has 1 atom stereocenters. The summed E-state index contributed by atoms with van der Waals surface area (Å²) in [5.41, 5.74) is 0.656. The molecule has 0 aromatic rings. The van der Waals surface area contributed by atoms with Gasteiger partial charge >= 0.3 is 0 Å². The molecule has 1 heterocycles. The molecule has 4 heteroatoms. The van der Waals surface area contributed by atoms with Gasteiger partial charge in [0.2, 0.25) is 6.30 Å². The zero-order chi connectivity index (χ0) is 8.27. The van der Waals surface area contributed by atoms with E-state index in [1.54, 1.807) is 0 Å². The molecular formula is C7H10ClF2N. The highest BCUT2D eigenvalue weighted by Crippen LogP contribution is 2.19. The van der Waals surface area contributed by atoms with Crippen molar-refractivity contribution in [2.75, 3.05) is 13.1 Å². The minimum atomic E-state index is -1.63. The van der Waals surface area contributed by atoms with Crippen LogP contribution in [0.15, 0.2) is 11.4 Å². The van der Waals surface area contributed by atoms with E-state index in [4.69, 9.17) is 11.6 Å². The third-order valence-electron chi connectivity index (χ3n) is 1.79. The molecule has 0 aliphatic carbocycles. The van der Waals surface area contributed by atoms with Crippen molar-refractivity contribution in [3.8, 4) is 0 Å². The van der Waals surface area contributed by atoms with Crippen LogP contribution in [0, 0.1) is 0 Å².